The van der Waals surface area contributed by atoms with Crippen molar-refractivity contribution in [1.82, 2.24) is 19.7 Å². The summed E-state index contributed by atoms with van der Waals surface area (Å²) in [7, 11) is 0. The van der Waals surface area contributed by atoms with Gasteiger partial charge in [-0.2, -0.15) is 5.10 Å². The lowest BCUT2D eigenvalue weighted by Gasteiger charge is -2.12. The van der Waals surface area contributed by atoms with Gasteiger partial charge in [-0.1, -0.05) is 18.2 Å². The van der Waals surface area contributed by atoms with Crippen molar-refractivity contribution in [2.75, 3.05) is 11.9 Å². The van der Waals surface area contributed by atoms with Crippen molar-refractivity contribution in [3.63, 3.8) is 0 Å². The molecule has 0 atom stereocenters. The van der Waals surface area contributed by atoms with Crippen LogP contribution in [0.25, 0.3) is 11.5 Å². The average Bonchev–Trinajstić information content (AvgIpc) is 3.47. The zero-order chi connectivity index (χ0) is 23.4. The van der Waals surface area contributed by atoms with Crippen LogP contribution >= 0.6 is 0 Å². The number of benzene rings is 2. The van der Waals surface area contributed by atoms with Crippen molar-refractivity contribution in [1.29, 1.82) is 0 Å². The first-order chi connectivity index (χ1) is 15.9. The van der Waals surface area contributed by atoms with Gasteiger partial charge in [-0.05, 0) is 42.5 Å². The van der Waals surface area contributed by atoms with E-state index >= 15 is 0 Å². The molecule has 0 bridgehead atoms. The van der Waals surface area contributed by atoms with Crippen molar-refractivity contribution in [3.05, 3.63) is 96.2 Å². The Morgan fingerprint density at radius 3 is 2.45 bits per heavy atom. The van der Waals surface area contributed by atoms with Crippen LogP contribution in [-0.2, 0) is 4.79 Å². The Hall–Kier alpha value is -4.73. The average molecular weight is 446 g/mol. The van der Waals surface area contributed by atoms with Crippen LogP contribution in [0.1, 0.15) is 20.7 Å². The van der Waals surface area contributed by atoms with Gasteiger partial charge in [0.25, 0.3) is 11.8 Å². The Bertz CT molecular complexity index is 1330. The number of hydrogen-bond donors (Lipinski definition) is 3. The molecule has 0 aliphatic rings. The number of nitrogens with one attached hydrogen (secondary N) is 2. The molecule has 0 radical (unpaired) electrons. The summed E-state index contributed by atoms with van der Waals surface area (Å²) in [5, 5.41) is 9.36. The van der Waals surface area contributed by atoms with Gasteiger partial charge >= 0.3 is 0 Å². The van der Waals surface area contributed by atoms with Crippen molar-refractivity contribution >= 4 is 23.4 Å². The zero-order valence-electron chi connectivity index (χ0n) is 17.2. The third kappa shape index (κ3) is 4.64. The van der Waals surface area contributed by atoms with Crippen molar-refractivity contribution < 1.29 is 18.8 Å². The molecule has 166 valence electrons. The van der Waals surface area contributed by atoms with Crippen molar-refractivity contribution in [2.45, 2.75) is 0 Å². The quantitative estimate of drug-likeness (QED) is 0.403. The van der Waals surface area contributed by atoms with E-state index in [0.29, 0.717) is 11.5 Å². The van der Waals surface area contributed by atoms with Crippen LogP contribution in [0, 0.1) is 5.82 Å². The van der Waals surface area contributed by atoms with E-state index in [1.807, 2.05) is 0 Å². The summed E-state index contributed by atoms with van der Waals surface area (Å²) in [6, 6.07) is 15.9. The summed E-state index contributed by atoms with van der Waals surface area (Å²) in [6.07, 6.45) is 4.78. The number of carbonyl (C=O) groups excluding carboxylic acids is 3. The third-order valence-corrected chi connectivity index (χ3v) is 4.72. The molecule has 4 aromatic rings. The molecule has 0 spiro atoms. The molecule has 9 nitrogen and oxygen atoms in total. The SMILES string of the molecule is NC(=O)CNC(=O)c1cccc(NC(=O)c2cnn(-c3ccccc3F)c2-n2cccc2)c1. The first kappa shape index (κ1) is 21.5. The predicted molar refractivity (Wildman–Crippen MR) is 119 cm³/mol. The monoisotopic (exact) mass is 446 g/mol. The van der Waals surface area contributed by atoms with Crippen LogP contribution in [0.5, 0.6) is 0 Å². The molecule has 33 heavy (non-hydrogen) atoms. The maximum atomic E-state index is 14.4. The van der Waals surface area contributed by atoms with Gasteiger partial charge in [-0.15, -0.1) is 0 Å². The van der Waals surface area contributed by atoms with Crippen LogP contribution in [0.15, 0.2) is 79.3 Å². The fraction of sp³-hybridized carbons (Fsp3) is 0.0435. The minimum atomic E-state index is -0.669. The summed E-state index contributed by atoms with van der Waals surface area (Å²) in [5.74, 6) is -1.83. The number of amides is 3. The summed E-state index contributed by atoms with van der Waals surface area (Å²) in [4.78, 5) is 36.2. The molecule has 0 aliphatic heterocycles. The number of nitrogens with zero attached hydrogens (tertiary/aromatic N) is 3. The topological polar surface area (TPSA) is 124 Å². The lowest BCUT2D eigenvalue weighted by molar-refractivity contribution is -0.117. The van der Waals surface area contributed by atoms with Gasteiger partial charge in [0.2, 0.25) is 5.91 Å². The van der Waals surface area contributed by atoms with Gasteiger partial charge in [0.15, 0.2) is 5.82 Å². The van der Waals surface area contributed by atoms with E-state index in [1.165, 1.54) is 29.1 Å². The fourth-order valence-electron chi connectivity index (χ4n) is 3.23. The molecule has 0 unspecified atom stereocenters. The van der Waals surface area contributed by atoms with E-state index in [-0.39, 0.29) is 23.4 Å². The fourth-order valence-corrected chi connectivity index (χ4v) is 3.23. The van der Waals surface area contributed by atoms with Crippen LogP contribution in [0.4, 0.5) is 10.1 Å². The van der Waals surface area contributed by atoms with Gasteiger partial charge in [0, 0.05) is 23.6 Å². The third-order valence-electron chi connectivity index (χ3n) is 4.72. The van der Waals surface area contributed by atoms with Gasteiger partial charge in [-0.3, -0.25) is 14.4 Å². The first-order valence-electron chi connectivity index (χ1n) is 9.88. The number of anilines is 1. The van der Waals surface area contributed by atoms with E-state index < -0.39 is 23.5 Å². The zero-order valence-corrected chi connectivity index (χ0v) is 17.2. The Kier molecular flexibility index (Phi) is 5.98. The highest BCUT2D eigenvalue weighted by molar-refractivity contribution is 6.07. The van der Waals surface area contributed by atoms with E-state index in [1.54, 1.807) is 59.4 Å². The van der Waals surface area contributed by atoms with Gasteiger partial charge in [0.05, 0.1) is 12.7 Å². The highest BCUT2D eigenvalue weighted by atomic mass is 19.1. The van der Waals surface area contributed by atoms with Crippen LogP contribution < -0.4 is 16.4 Å². The predicted octanol–water partition coefficient (Wildman–Crippen LogP) is 2.27. The van der Waals surface area contributed by atoms with Crippen LogP contribution in [0.2, 0.25) is 0 Å². The molecule has 4 rings (SSSR count). The standard InChI is InChI=1S/C23H19FN6O3/c24-18-8-1-2-9-19(18)30-23(29-10-3-4-11-29)17(13-27-30)22(33)28-16-7-5-6-15(12-16)21(32)26-14-20(25)31/h1-13H,14H2,(H2,25,31)(H,26,32)(H,28,33). The van der Waals surface area contributed by atoms with E-state index in [0.717, 1.165) is 0 Å². The molecule has 3 amide bonds. The van der Waals surface area contributed by atoms with Crippen molar-refractivity contribution in [2.24, 2.45) is 5.73 Å². The molecule has 2 aromatic heterocycles. The number of primary amides is 1. The lowest BCUT2D eigenvalue weighted by Crippen LogP contribution is -2.33. The number of para-hydroxylation sites is 1. The van der Waals surface area contributed by atoms with Gasteiger partial charge < -0.3 is 20.9 Å². The number of hydrogen-bond acceptors (Lipinski definition) is 4. The molecule has 0 aliphatic carbocycles. The Labute approximate surface area is 187 Å². The number of nitrogens with two attached hydrogens (primary N) is 1. The second-order valence-corrected chi connectivity index (χ2v) is 7.02. The van der Waals surface area contributed by atoms with Crippen molar-refractivity contribution in [3.8, 4) is 11.5 Å². The number of halogens is 1. The maximum Gasteiger partial charge on any atom is 0.261 e. The molecule has 0 fully saturated rings. The molecule has 2 aromatic carbocycles. The number of aromatic nitrogens is 3. The first-order valence-corrected chi connectivity index (χ1v) is 9.88. The largest absolute Gasteiger partial charge is 0.368 e. The van der Waals surface area contributed by atoms with Crippen LogP contribution in [0.3, 0.4) is 0 Å². The Morgan fingerprint density at radius 1 is 0.970 bits per heavy atom. The van der Waals surface area contributed by atoms with Gasteiger partial charge in [0.1, 0.15) is 17.1 Å². The maximum absolute atomic E-state index is 14.4. The van der Waals surface area contributed by atoms with E-state index in [2.05, 4.69) is 15.7 Å². The second-order valence-electron chi connectivity index (χ2n) is 7.02. The molecule has 4 N–H and O–H groups in total. The summed E-state index contributed by atoms with van der Waals surface area (Å²) in [6.45, 7) is -0.301. The van der Waals surface area contributed by atoms with E-state index in [4.69, 9.17) is 5.73 Å². The summed E-state index contributed by atoms with van der Waals surface area (Å²) < 4.78 is 17.4. The molecule has 10 heteroatoms. The lowest BCUT2D eigenvalue weighted by atomic mass is 10.1. The highest BCUT2D eigenvalue weighted by Gasteiger charge is 2.21. The smallest absolute Gasteiger partial charge is 0.261 e. The van der Waals surface area contributed by atoms with Gasteiger partial charge in [-0.25, -0.2) is 9.07 Å². The Balaban J connectivity index is 1.65. The highest BCUT2D eigenvalue weighted by Crippen LogP contribution is 2.23. The molecule has 0 saturated carbocycles. The minimum absolute atomic E-state index is 0.188. The number of carbonyl (C=O) groups is 3. The molecular weight excluding hydrogens is 427 g/mol. The molecule has 0 saturated heterocycles. The van der Waals surface area contributed by atoms with E-state index in [9.17, 15) is 18.8 Å². The minimum Gasteiger partial charge on any atom is -0.368 e. The second kappa shape index (κ2) is 9.18. The summed E-state index contributed by atoms with van der Waals surface area (Å²) >= 11 is 0. The molecular formula is C23H19FN6O3. The van der Waals surface area contributed by atoms with Crippen LogP contribution in [-0.4, -0.2) is 38.6 Å². The molecule has 2 heterocycles. The summed E-state index contributed by atoms with van der Waals surface area (Å²) in [5.41, 5.74) is 6.01. The number of rotatable bonds is 7. The normalized spacial score (nSPS) is 10.6. The Morgan fingerprint density at radius 2 is 1.73 bits per heavy atom.